The van der Waals surface area contributed by atoms with Gasteiger partial charge in [-0.3, -0.25) is 4.79 Å². The van der Waals surface area contributed by atoms with Crippen LogP contribution in [0.4, 0.5) is 18.9 Å². The quantitative estimate of drug-likeness (QED) is 0.644. The molecule has 0 aliphatic rings. The maximum Gasteiger partial charge on any atom is 0.405 e. The molecule has 5 nitrogen and oxygen atoms in total. The van der Waals surface area contributed by atoms with Gasteiger partial charge >= 0.3 is 12.1 Å². The summed E-state index contributed by atoms with van der Waals surface area (Å²) >= 11 is 5.84. The van der Waals surface area contributed by atoms with E-state index in [1.54, 1.807) is 35.6 Å². The van der Waals surface area contributed by atoms with Crippen LogP contribution in [0.25, 0.3) is 0 Å². The van der Waals surface area contributed by atoms with Crippen LogP contribution < -0.4 is 10.6 Å². The molecule has 2 aromatic rings. The fourth-order valence-corrected chi connectivity index (χ4v) is 2.39. The monoisotopic (exact) mass is 414 g/mol. The number of carbonyl (C=O) groups is 2. The van der Waals surface area contributed by atoms with Crippen molar-refractivity contribution >= 4 is 29.2 Å². The molecule has 150 valence electrons. The number of anilines is 1. The summed E-state index contributed by atoms with van der Waals surface area (Å²) in [5.41, 5.74) is 1.73. The highest BCUT2D eigenvalue weighted by Gasteiger charge is 2.27. The van der Waals surface area contributed by atoms with E-state index in [0.29, 0.717) is 23.7 Å². The highest BCUT2D eigenvalue weighted by atomic mass is 35.5. The van der Waals surface area contributed by atoms with Gasteiger partial charge in [-0.05, 0) is 36.2 Å². The zero-order valence-electron chi connectivity index (χ0n) is 14.7. The lowest BCUT2D eigenvalue weighted by Gasteiger charge is -2.12. The minimum absolute atomic E-state index is 0.183. The zero-order chi connectivity index (χ0) is 20.6. The lowest BCUT2D eigenvalue weighted by Crippen LogP contribution is -2.36. The summed E-state index contributed by atoms with van der Waals surface area (Å²) in [7, 11) is 0. The predicted molar refractivity (Wildman–Crippen MR) is 99.4 cm³/mol. The van der Waals surface area contributed by atoms with Crippen LogP contribution in [0.1, 0.15) is 15.9 Å². The van der Waals surface area contributed by atoms with Gasteiger partial charge in [-0.15, -0.1) is 0 Å². The van der Waals surface area contributed by atoms with Crippen LogP contribution in [-0.4, -0.2) is 37.7 Å². The Bertz CT molecular complexity index is 811. The van der Waals surface area contributed by atoms with Gasteiger partial charge in [0.05, 0.1) is 5.56 Å². The molecule has 0 aliphatic heterocycles. The lowest BCUT2D eigenvalue weighted by molar-refractivity contribution is -0.140. The highest BCUT2D eigenvalue weighted by Crippen LogP contribution is 2.17. The molecule has 9 heteroatoms. The molecule has 0 fully saturated rings. The van der Waals surface area contributed by atoms with Crippen LogP contribution in [-0.2, 0) is 16.0 Å². The number of benzene rings is 2. The number of nitrogens with one attached hydrogen (secondary N) is 2. The third kappa shape index (κ3) is 7.48. The number of carbonyl (C=O) groups excluding carboxylic acids is 2. The molecule has 0 saturated heterocycles. The first kappa shape index (κ1) is 21.6. The first-order valence-corrected chi connectivity index (χ1v) is 8.70. The lowest BCUT2D eigenvalue weighted by atomic mass is 10.1. The second-order valence-electron chi connectivity index (χ2n) is 5.82. The van der Waals surface area contributed by atoms with E-state index in [-0.39, 0.29) is 5.56 Å². The van der Waals surface area contributed by atoms with Crippen molar-refractivity contribution < 1.29 is 27.5 Å². The summed E-state index contributed by atoms with van der Waals surface area (Å²) in [6.45, 7) is -1.75. The van der Waals surface area contributed by atoms with Gasteiger partial charge in [0.15, 0.2) is 6.61 Å². The van der Waals surface area contributed by atoms with Crippen LogP contribution in [0.2, 0.25) is 5.02 Å². The summed E-state index contributed by atoms with van der Waals surface area (Å²) in [5, 5.41) is 5.38. The van der Waals surface area contributed by atoms with Gasteiger partial charge in [0.2, 0.25) is 0 Å². The van der Waals surface area contributed by atoms with Gasteiger partial charge in [-0.25, -0.2) is 4.79 Å². The SMILES string of the molecule is O=C(COC(=O)c1ccccc1NCCc1ccc(Cl)cc1)NCC(F)(F)F. The van der Waals surface area contributed by atoms with Crippen molar-refractivity contribution in [1.82, 2.24) is 5.32 Å². The molecule has 0 spiro atoms. The molecule has 0 heterocycles. The van der Waals surface area contributed by atoms with Crippen molar-refractivity contribution in [1.29, 1.82) is 0 Å². The maximum absolute atomic E-state index is 12.2. The van der Waals surface area contributed by atoms with Gasteiger partial charge in [0, 0.05) is 17.3 Å². The number of halogens is 4. The molecular formula is C19H18ClF3N2O3. The normalized spacial score (nSPS) is 11.0. The minimum atomic E-state index is -4.53. The van der Waals surface area contributed by atoms with E-state index in [1.165, 1.54) is 6.07 Å². The van der Waals surface area contributed by atoms with Gasteiger partial charge in [0.1, 0.15) is 6.54 Å². The number of para-hydroxylation sites is 1. The van der Waals surface area contributed by atoms with E-state index in [0.717, 1.165) is 5.56 Å². The second-order valence-corrected chi connectivity index (χ2v) is 6.25. The van der Waals surface area contributed by atoms with E-state index in [1.807, 2.05) is 12.1 Å². The summed E-state index contributed by atoms with van der Waals surface area (Å²) in [6, 6.07) is 13.9. The second kappa shape index (κ2) is 9.98. The van der Waals surface area contributed by atoms with E-state index in [4.69, 9.17) is 16.3 Å². The number of esters is 1. The van der Waals surface area contributed by atoms with Gasteiger partial charge in [-0.1, -0.05) is 35.9 Å². The third-order valence-electron chi connectivity index (χ3n) is 3.61. The van der Waals surface area contributed by atoms with Gasteiger partial charge in [-0.2, -0.15) is 13.2 Å². The van der Waals surface area contributed by atoms with Gasteiger partial charge < -0.3 is 15.4 Å². The maximum atomic E-state index is 12.2. The van der Waals surface area contributed by atoms with Gasteiger partial charge in [0.25, 0.3) is 5.91 Å². The number of hydrogen-bond donors (Lipinski definition) is 2. The number of rotatable bonds is 8. The average molecular weight is 415 g/mol. The number of amides is 1. The van der Waals surface area contributed by atoms with E-state index in [9.17, 15) is 22.8 Å². The van der Waals surface area contributed by atoms with Crippen molar-refractivity contribution in [3.63, 3.8) is 0 Å². The van der Waals surface area contributed by atoms with E-state index < -0.39 is 31.2 Å². The van der Waals surface area contributed by atoms with Crippen LogP contribution >= 0.6 is 11.6 Å². The largest absolute Gasteiger partial charge is 0.452 e. The Morgan fingerprint density at radius 2 is 1.71 bits per heavy atom. The fraction of sp³-hybridized carbons (Fsp3) is 0.263. The molecule has 0 radical (unpaired) electrons. The number of ether oxygens (including phenoxy) is 1. The molecule has 2 rings (SSSR count). The van der Waals surface area contributed by atoms with Crippen molar-refractivity contribution in [3.8, 4) is 0 Å². The highest BCUT2D eigenvalue weighted by molar-refractivity contribution is 6.30. The Labute approximate surface area is 164 Å². The molecule has 1 amide bonds. The smallest absolute Gasteiger partial charge is 0.405 e. The topological polar surface area (TPSA) is 67.4 Å². The third-order valence-corrected chi connectivity index (χ3v) is 3.86. The first-order chi connectivity index (χ1) is 13.2. The molecule has 0 bridgehead atoms. The molecule has 0 unspecified atom stereocenters. The first-order valence-electron chi connectivity index (χ1n) is 8.32. The summed E-state index contributed by atoms with van der Waals surface area (Å²) in [6.07, 6.45) is -3.85. The molecule has 28 heavy (non-hydrogen) atoms. The Morgan fingerprint density at radius 3 is 2.39 bits per heavy atom. The van der Waals surface area contributed by atoms with Crippen LogP contribution in [0.3, 0.4) is 0 Å². The molecule has 0 aliphatic carbocycles. The average Bonchev–Trinajstić information content (AvgIpc) is 2.66. The van der Waals surface area contributed by atoms with Crippen LogP contribution in [0.15, 0.2) is 48.5 Å². The number of alkyl halides is 3. The van der Waals surface area contributed by atoms with Crippen molar-refractivity contribution in [2.75, 3.05) is 25.0 Å². The Kier molecular flexibility index (Phi) is 7.69. The predicted octanol–water partition coefficient (Wildman–Crippen LogP) is 3.83. The summed E-state index contributed by atoms with van der Waals surface area (Å²) in [4.78, 5) is 23.5. The number of hydrogen-bond acceptors (Lipinski definition) is 4. The van der Waals surface area contributed by atoms with E-state index in [2.05, 4.69) is 5.32 Å². The van der Waals surface area contributed by atoms with Crippen molar-refractivity contribution in [3.05, 3.63) is 64.7 Å². The Morgan fingerprint density at radius 1 is 1.04 bits per heavy atom. The van der Waals surface area contributed by atoms with Crippen molar-refractivity contribution in [2.45, 2.75) is 12.6 Å². The molecule has 2 N–H and O–H groups in total. The zero-order valence-corrected chi connectivity index (χ0v) is 15.4. The minimum Gasteiger partial charge on any atom is -0.452 e. The molecule has 0 saturated carbocycles. The molecule has 0 aromatic heterocycles. The van der Waals surface area contributed by atoms with Crippen LogP contribution in [0, 0.1) is 0 Å². The van der Waals surface area contributed by atoms with E-state index >= 15 is 0 Å². The Hall–Kier alpha value is -2.74. The molecule has 0 atom stereocenters. The standard InChI is InChI=1S/C19H18ClF3N2O3/c20-14-7-5-13(6-8-14)9-10-24-16-4-2-1-3-15(16)18(27)28-11-17(26)25-12-19(21,22)23/h1-8,24H,9-12H2,(H,25,26). The molecular weight excluding hydrogens is 397 g/mol. The summed E-state index contributed by atoms with van der Waals surface area (Å²) in [5.74, 6) is -1.84. The van der Waals surface area contributed by atoms with Crippen molar-refractivity contribution in [2.24, 2.45) is 0 Å². The Balaban J connectivity index is 1.86. The van der Waals surface area contributed by atoms with Crippen LogP contribution in [0.5, 0.6) is 0 Å². The summed E-state index contributed by atoms with van der Waals surface area (Å²) < 4.78 is 41.0. The molecule has 2 aromatic carbocycles. The fourth-order valence-electron chi connectivity index (χ4n) is 2.27.